The van der Waals surface area contributed by atoms with Crippen LogP contribution < -0.4 is 11.1 Å². The second kappa shape index (κ2) is 10.5. The minimum absolute atomic E-state index is 0.0796. The molecule has 38 heavy (non-hydrogen) atoms. The predicted molar refractivity (Wildman–Crippen MR) is 144 cm³/mol. The van der Waals surface area contributed by atoms with E-state index in [-0.39, 0.29) is 23.7 Å². The number of aryl methyl sites for hydroxylation is 1. The molecule has 2 aliphatic heterocycles. The van der Waals surface area contributed by atoms with Crippen molar-refractivity contribution < 1.29 is 9.59 Å². The Balaban J connectivity index is 1.46. The number of nitrogens with zero attached hydrogens (tertiary/aromatic N) is 6. The van der Waals surface area contributed by atoms with Crippen molar-refractivity contribution in [2.45, 2.75) is 45.4 Å². The minimum atomic E-state index is -0.301. The lowest BCUT2D eigenvalue weighted by Gasteiger charge is -2.32. The number of allylic oxidation sites excluding steroid dienone is 1. The molecule has 10 nitrogen and oxygen atoms in total. The molecule has 0 bridgehead atoms. The van der Waals surface area contributed by atoms with E-state index < -0.39 is 0 Å². The van der Waals surface area contributed by atoms with Crippen LogP contribution >= 0.6 is 0 Å². The number of anilines is 1. The van der Waals surface area contributed by atoms with Gasteiger partial charge in [0.1, 0.15) is 28.7 Å². The number of carbonyl (C=O) groups excluding carboxylic acids is 2. The van der Waals surface area contributed by atoms with Gasteiger partial charge >= 0.3 is 0 Å². The lowest BCUT2D eigenvalue weighted by Crippen LogP contribution is -2.39. The number of hydrogen-bond donors (Lipinski definition) is 2. The molecule has 1 unspecified atom stereocenters. The third-order valence-electron chi connectivity index (χ3n) is 7.18. The number of aliphatic imine (C=N–C) groups is 1. The molecule has 2 amide bonds. The Morgan fingerprint density at radius 1 is 1.32 bits per heavy atom. The summed E-state index contributed by atoms with van der Waals surface area (Å²) in [5.74, 6) is 1.35. The topological polar surface area (TPSA) is 142 Å². The molecule has 3 N–H and O–H groups in total. The SMILES string of the molecule is CCC(=O)N1CCC[C@@H](c2nc(-c3ccc(C(=O)NC4=NC=CC(C#N)C4)c(C)c3)c3c(N)nccn23)C1. The van der Waals surface area contributed by atoms with Crippen LogP contribution in [0, 0.1) is 24.2 Å². The van der Waals surface area contributed by atoms with E-state index in [0.717, 1.165) is 36.3 Å². The average Bonchev–Trinajstić information content (AvgIpc) is 3.33. The Morgan fingerprint density at radius 2 is 2.16 bits per heavy atom. The molecule has 0 radical (unpaired) electrons. The van der Waals surface area contributed by atoms with Crippen molar-refractivity contribution in [3.05, 3.63) is 59.8 Å². The zero-order valence-corrected chi connectivity index (χ0v) is 21.5. The number of nitrogens with one attached hydrogen (secondary N) is 1. The summed E-state index contributed by atoms with van der Waals surface area (Å²) in [4.78, 5) is 40.8. The molecule has 0 spiro atoms. The Hall–Kier alpha value is -4.52. The first-order valence-electron chi connectivity index (χ1n) is 12.8. The van der Waals surface area contributed by atoms with Gasteiger partial charge in [-0.2, -0.15) is 5.26 Å². The first kappa shape index (κ1) is 25.1. The van der Waals surface area contributed by atoms with Gasteiger partial charge in [-0.25, -0.2) is 15.0 Å². The van der Waals surface area contributed by atoms with Crippen LogP contribution in [0.4, 0.5) is 5.82 Å². The zero-order chi connectivity index (χ0) is 26.8. The zero-order valence-electron chi connectivity index (χ0n) is 21.5. The summed E-state index contributed by atoms with van der Waals surface area (Å²) in [6.45, 7) is 5.15. The summed E-state index contributed by atoms with van der Waals surface area (Å²) in [6, 6.07) is 7.72. The van der Waals surface area contributed by atoms with Crippen LogP contribution in [0.1, 0.15) is 60.3 Å². The second-order valence-electron chi connectivity index (χ2n) is 9.72. The monoisotopic (exact) mass is 510 g/mol. The fourth-order valence-corrected chi connectivity index (χ4v) is 5.22. The molecule has 1 aromatic carbocycles. The van der Waals surface area contributed by atoms with Crippen molar-refractivity contribution in [2.75, 3.05) is 18.8 Å². The number of rotatable bonds is 4. The smallest absolute Gasteiger partial charge is 0.256 e. The molecular formula is C28H30N8O2. The molecule has 5 rings (SSSR count). The average molecular weight is 511 g/mol. The van der Waals surface area contributed by atoms with Gasteiger partial charge in [-0.05, 0) is 43.5 Å². The highest BCUT2D eigenvalue weighted by molar-refractivity contribution is 6.08. The van der Waals surface area contributed by atoms with Gasteiger partial charge in [0.15, 0.2) is 0 Å². The molecule has 194 valence electrons. The molecule has 2 atom stereocenters. The molecule has 10 heteroatoms. The maximum absolute atomic E-state index is 13.0. The number of fused-ring (bicyclic) bond motifs is 1. The molecular weight excluding hydrogens is 480 g/mol. The quantitative estimate of drug-likeness (QED) is 0.549. The standard InChI is InChI=1S/C28H30N8O2/c1-3-23(37)35-11-4-5-20(16-35)27-34-24(25-26(30)32-10-12-36(25)27)19-6-7-21(17(2)13-19)28(38)33-22-14-18(15-29)8-9-31-22/h6-10,12-13,18,20H,3-5,11,14,16H2,1-2H3,(H2,30,32)(H,31,33,38)/t18?,20-/m1/s1. The number of amidine groups is 1. The Bertz CT molecular complexity index is 1510. The first-order chi connectivity index (χ1) is 18.4. The Kier molecular flexibility index (Phi) is 6.92. The largest absolute Gasteiger partial charge is 0.382 e. The van der Waals surface area contributed by atoms with Gasteiger partial charge in [0.05, 0.1) is 12.0 Å². The maximum atomic E-state index is 13.0. The number of benzene rings is 1. The molecule has 2 aliphatic rings. The summed E-state index contributed by atoms with van der Waals surface area (Å²) in [6.07, 6.45) is 9.49. The van der Waals surface area contributed by atoms with Crippen molar-refractivity contribution in [3.8, 4) is 17.3 Å². The number of imidazole rings is 1. The van der Waals surface area contributed by atoms with Gasteiger partial charge in [0.2, 0.25) is 5.91 Å². The van der Waals surface area contributed by atoms with Gasteiger partial charge in [-0.1, -0.05) is 13.0 Å². The van der Waals surface area contributed by atoms with Gasteiger partial charge in [-0.3, -0.25) is 14.0 Å². The van der Waals surface area contributed by atoms with Crippen molar-refractivity contribution in [1.29, 1.82) is 5.26 Å². The highest BCUT2D eigenvalue weighted by Gasteiger charge is 2.29. The number of hydrogen-bond acceptors (Lipinski definition) is 7. The number of nitrogen functional groups attached to an aromatic ring is 1. The number of likely N-dealkylation sites (tertiary alicyclic amines) is 1. The third kappa shape index (κ3) is 4.75. The summed E-state index contributed by atoms with van der Waals surface area (Å²) < 4.78 is 1.98. The highest BCUT2D eigenvalue weighted by Crippen LogP contribution is 2.34. The fraction of sp³-hybridized carbons (Fsp3) is 0.357. The number of nitrogens with two attached hydrogens (primary N) is 1. The first-order valence-corrected chi connectivity index (χ1v) is 12.8. The summed E-state index contributed by atoms with van der Waals surface area (Å²) >= 11 is 0. The van der Waals surface area contributed by atoms with E-state index in [1.54, 1.807) is 24.5 Å². The summed E-state index contributed by atoms with van der Waals surface area (Å²) in [5.41, 5.74) is 9.84. The number of carbonyl (C=O) groups is 2. The van der Waals surface area contributed by atoms with Crippen LogP contribution in [0.25, 0.3) is 16.8 Å². The van der Waals surface area contributed by atoms with Crippen LogP contribution in [-0.2, 0) is 4.79 Å². The van der Waals surface area contributed by atoms with Gasteiger partial charge < -0.3 is 16.0 Å². The van der Waals surface area contributed by atoms with Crippen LogP contribution in [0.2, 0.25) is 0 Å². The van der Waals surface area contributed by atoms with Crippen molar-refractivity contribution in [3.63, 3.8) is 0 Å². The molecule has 0 saturated carbocycles. The van der Waals surface area contributed by atoms with Gasteiger partial charge in [-0.15, -0.1) is 0 Å². The van der Waals surface area contributed by atoms with Crippen molar-refractivity contribution in [2.24, 2.45) is 10.9 Å². The van der Waals surface area contributed by atoms with E-state index in [4.69, 9.17) is 16.0 Å². The Labute approximate surface area is 220 Å². The van der Waals surface area contributed by atoms with Gasteiger partial charge in [0, 0.05) is 61.6 Å². The van der Waals surface area contributed by atoms with Crippen LogP contribution in [0.5, 0.6) is 0 Å². The van der Waals surface area contributed by atoms with Crippen LogP contribution in [-0.4, -0.2) is 50.0 Å². The van der Waals surface area contributed by atoms with E-state index >= 15 is 0 Å². The normalized spacial score (nSPS) is 19.2. The number of amides is 2. The number of piperidine rings is 1. The molecule has 4 heterocycles. The molecule has 0 aliphatic carbocycles. The summed E-state index contributed by atoms with van der Waals surface area (Å²) in [7, 11) is 0. The maximum Gasteiger partial charge on any atom is 0.256 e. The minimum Gasteiger partial charge on any atom is -0.382 e. The highest BCUT2D eigenvalue weighted by atomic mass is 16.2. The molecule has 1 fully saturated rings. The molecule has 1 saturated heterocycles. The fourth-order valence-electron chi connectivity index (χ4n) is 5.22. The second-order valence-corrected chi connectivity index (χ2v) is 9.72. The van der Waals surface area contributed by atoms with Gasteiger partial charge in [0.25, 0.3) is 5.91 Å². The van der Waals surface area contributed by atoms with E-state index in [1.807, 2.05) is 41.5 Å². The lowest BCUT2D eigenvalue weighted by molar-refractivity contribution is -0.132. The van der Waals surface area contributed by atoms with E-state index in [9.17, 15) is 9.59 Å². The van der Waals surface area contributed by atoms with Crippen molar-refractivity contribution >= 4 is 29.0 Å². The predicted octanol–water partition coefficient (Wildman–Crippen LogP) is 3.59. The summed E-state index contributed by atoms with van der Waals surface area (Å²) in [5, 5.41) is 12.0. The van der Waals surface area contributed by atoms with Crippen LogP contribution in [0.3, 0.4) is 0 Å². The van der Waals surface area contributed by atoms with E-state index in [0.29, 0.717) is 47.8 Å². The number of nitriles is 1. The molecule has 3 aromatic rings. The Morgan fingerprint density at radius 3 is 2.92 bits per heavy atom. The van der Waals surface area contributed by atoms with E-state index in [2.05, 4.69) is 21.4 Å². The van der Waals surface area contributed by atoms with E-state index in [1.165, 1.54) is 0 Å². The third-order valence-corrected chi connectivity index (χ3v) is 7.18. The van der Waals surface area contributed by atoms with Crippen molar-refractivity contribution in [1.82, 2.24) is 24.6 Å². The number of aromatic nitrogens is 3. The lowest BCUT2D eigenvalue weighted by atomic mass is 9.97. The van der Waals surface area contributed by atoms with Crippen LogP contribution in [0.15, 0.2) is 47.9 Å². The molecule has 2 aromatic heterocycles.